The van der Waals surface area contributed by atoms with Crippen molar-refractivity contribution in [1.29, 1.82) is 0 Å². The smallest absolute Gasteiger partial charge is 0.268 e. The molecule has 110 valence electrons. The van der Waals surface area contributed by atoms with E-state index < -0.39 is 0 Å². The van der Waals surface area contributed by atoms with Gasteiger partial charge in [0.25, 0.3) is 5.91 Å². The summed E-state index contributed by atoms with van der Waals surface area (Å²) in [5, 5.41) is 0. The number of nitrogen functional groups attached to an aromatic ring is 2. The van der Waals surface area contributed by atoms with Crippen molar-refractivity contribution in [2.24, 2.45) is 5.84 Å². The van der Waals surface area contributed by atoms with Crippen molar-refractivity contribution in [3.63, 3.8) is 0 Å². The quantitative estimate of drug-likeness (QED) is 0.245. The van der Waals surface area contributed by atoms with Crippen molar-refractivity contribution in [2.75, 3.05) is 18.1 Å². The zero-order valence-electron chi connectivity index (χ0n) is 11.3. The number of thioether (sulfide) groups is 1. The standard InChI is InChI=1S/C14H16N4O2S/c15-13-6-5-10(9-17-13)21-8-7-20-12-4-2-1-3-11(12)14(19)18-16/h1-6,9H,7-8,16H2,(H2,15,17)(H,18,19). The second-order valence-electron chi connectivity index (χ2n) is 4.09. The summed E-state index contributed by atoms with van der Waals surface area (Å²) < 4.78 is 5.62. The summed E-state index contributed by atoms with van der Waals surface area (Å²) in [5.41, 5.74) is 8.04. The van der Waals surface area contributed by atoms with Crippen molar-refractivity contribution < 1.29 is 9.53 Å². The number of nitrogens with zero attached hydrogens (tertiary/aromatic N) is 1. The Bertz CT molecular complexity index is 604. The molecule has 1 amide bonds. The lowest BCUT2D eigenvalue weighted by molar-refractivity contribution is 0.0950. The van der Waals surface area contributed by atoms with Crippen LogP contribution < -0.4 is 21.7 Å². The van der Waals surface area contributed by atoms with Crippen LogP contribution in [0.3, 0.4) is 0 Å². The van der Waals surface area contributed by atoms with Crippen LogP contribution in [0.2, 0.25) is 0 Å². The van der Waals surface area contributed by atoms with E-state index in [2.05, 4.69) is 10.4 Å². The molecule has 5 N–H and O–H groups in total. The number of hydrazine groups is 1. The molecule has 0 saturated carbocycles. The van der Waals surface area contributed by atoms with E-state index in [0.717, 1.165) is 10.6 Å². The van der Waals surface area contributed by atoms with Crippen LogP contribution in [0.1, 0.15) is 10.4 Å². The van der Waals surface area contributed by atoms with E-state index in [1.165, 1.54) is 0 Å². The third-order valence-corrected chi connectivity index (χ3v) is 3.58. The zero-order valence-corrected chi connectivity index (χ0v) is 12.1. The molecule has 0 aliphatic heterocycles. The van der Waals surface area contributed by atoms with E-state index >= 15 is 0 Å². The summed E-state index contributed by atoms with van der Waals surface area (Å²) in [6.07, 6.45) is 1.72. The fraction of sp³-hybridized carbons (Fsp3) is 0.143. The van der Waals surface area contributed by atoms with Crippen molar-refractivity contribution in [2.45, 2.75) is 4.90 Å². The van der Waals surface area contributed by atoms with Crippen LogP contribution in [-0.2, 0) is 0 Å². The highest BCUT2D eigenvalue weighted by Gasteiger charge is 2.10. The molecule has 0 saturated heterocycles. The third-order valence-electron chi connectivity index (χ3n) is 2.63. The third kappa shape index (κ3) is 4.37. The molecule has 1 aromatic carbocycles. The molecule has 0 radical (unpaired) electrons. The SMILES string of the molecule is NNC(=O)c1ccccc1OCCSc1ccc(N)nc1. The molecule has 0 aliphatic rings. The first-order valence-corrected chi connectivity index (χ1v) is 7.26. The second kappa shape index (κ2) is 7.51. The monoisotopic (exact) mass is 304 g/mol. The number of ether oxygens (including phenoxy) is 1. The number of rotatable bonds is 6. The van der Waals surface area contributed by atoms with Crippen LogP contribution in [0.25, 0.3) is 0 Å². The number of benzene rings is 1. The van der Waals surface area contributed by atoms with Gasteiger partial charge in [-0.15, -0.1) is 11.8 Å². The molecule has 21 heavy (non-hydrogen) atoms. The Balaban J connectivity index is 1.86. The summed E-state index contributed by atoms with van der Waals surface area (Å²) in [6.45, 7) is 0.462. The Morgan fingerprint density at radius 3 is 2.81 bits per heavy atom. The molecule has 0 bridgehead atoms. The number of aromatic nitrogens is 1. The first-order chi connectivity index (χ1) is 10.2. The Labute approximate surface area is 126 Å². The van der Waals surface area contributed by atoms with Gasteiger partial charge in [0.1, 0.15) is 11.6 Å². The number of carbonyl (C=O) groups is 1. The summed E-state index contributed by atoms with van der Waals surface area (Å²) in [7, 11) is 0. The average Bonchev–Trinajstić information content (AvgIpc) is 2.53. The van der Waals surface area contributed by atoms with Crippen LogP contribution in [0, 0.1) is 0 Å². The summed E-state index contributed by atoms with van der Waals surface area (Å²) in [6, 6.07) is 10.6. The molecule has 0 unspecified atom stereocenters. The number of carbonyl (C=O) groups excluding carboxylic acids is 1. The van der Waals surface area contributed by atoms with Crippen LogP contribution in [0.4, 0.5) is 5.82 Å². The number of nitrogens with two attached hydrogens (primary N) is 2. The van der Waals surface area contributed by atoms with Crippen molar-refractivity contribution in [1.82, 2.24) is 10.4 Å². The average molecular weight is 304 g/mol. The summed E-state index contributed by atoms with van der Waals surface area (Å²) in [4.78, 5) is 16.6. The second-order valence-corrected chi connectivity index (χ2v) is 5.25. The number of anilines is 1. The number of hydrogen-bond acceptors (Lipinski definition) is 6. The van der Waals surface area contributed by atoms with Gasteiger partial charge in [0.15, 0.2) is 0 Å². The van der Waals surface area contributed by atoms with Crippen molar-refractivity contribution in [3.8, 4) is 5.75 Å². The maximum atomic E-state index is 11.6. The highest BCUT2D eigenvalue weighted by atomic mass is 32.2. The first-order valence-electron chi connectivity index (χ1n) is 6.28. The molecular weight excluding hydrogens is 288 g/mol. The van der Waals surface area contributed by atoms with E-state index in [1.807, 2.05) is 6.07 Å². The first kappa shape index (κ1) is 15.1. The molecule has 7 heteroatoms. The molecule has 1 heterocycles. The van der Waals surface area contributed by atoms with Gasteiger partial charge in [-0.2, -0.15) is 0 Å². The summed E-state index contributed by atoms with van der Waals surface area (Å²) >= 11 is 1.60. The van der Waals surface area contributed by atoms with Gasteiger partial charge < -0.3 is 10.5 Å². The molecule has 0 fully saturated rings. The molecule has 1 aromatic heterocycles. The van der Waals surface area contributed by atoms with E-state index in [4.69, 9.17) is 16.3 Å². The fourth-order valence-corrected chi connectivity index (χ4v) is 2.34. The van der Waals surface area contributed by atoms with Gasteiger partial charge in [-0.05, 0) is 24.3 Å². The largest absolute Gasteiger partial charge is 0.492 e. The van der Waals surface area contributed by atoms with Gasteiger partial charge in [0.05, 0.1) is 12.2 Å². The predicted octanol–water partition coefficient (Wildman–Crippen LogP) is 1.44. The number of amides is 1. The molecule has 2 aromatic rings. The van der Waals surface area contributed by atoms with Gasteiger partial charge in [0.2, 0.25) is 0 Å². The Hall–Kier alpha value is -2.25. The fourth-order valence-electron chi connectivity index (χ4n) is 1.65. The minimum atomic E-state index is -0.374. The number of hydrogen-bond donors (Lipinski definition) is 3. The van der Waals surface area contributed by atoms with Crippen molar-refractivity contribution >= 4 is 23.5 Å². The van der Waals surface area contributed by atoms with E-state index in [-0.39, 0.29) is 5.91 Å². The topological polar surface area (TPSA) is 103 Å². The van der Waals surface area contributed by atoms with Gasteiger partial charge >= 0.3 is 0 Å². The highest BCUT2D eigenvalue weighted by molar-refractivity contribution is 7.99. The zero-order chi connectivity index (χ0) is 15.1. The minimum absolute atomic E-state index is 0.374. The molecule has 6 nitrogen and oxygen atoms in total. The van der Waals surface area contributed by atoms with Gasteiger partial charge in [0, 0.05) is 16.8 Å². The number of nitrogens with one attached hydrogen (secondary N) is 1. The van der Waals surface area contributed by atoms with E-state index in [1.54, 1.807) is 48.3 Å². The molecule has 0 atom stereocenters. The Morgan fingerprint density at radius 1 is 1.29 bits per heavy atom. The number of para-hydroxylation sites is 1. The van der Waals surface area contributed by atoms with E-state index in [0.29, 0.717) is 23.7 Å². The summed E-state index contributed by atoms with van der Waals surface area (Å²) in [5.74, 6) is 6.50. The number of pyridine rings is 1. The lowest BCUT2D eigenvalue weighted by Gasteiger charge is -2.10. The van der Waals surface area contributed by atoms with Crippen molar-refractivity contribution in [3.05, 3.63) is 48.2 Å². The maximum Gasteiger partial charge on any atom is 0.268 e. The predicted molar refractivity (Wildman–Crippen MR) is 83.0 cm³/mol. The highest BCUT2D eigenvalue weighted by Crippen LogP contribution is 2.20. The van der Waals surface area contributed by atoms with Crippen LogP contribution >= 0.6 is 11.8 Å². The Morgan fingerprint density at radius 2 is 2.10 bits per heavy atom. The Kier molecular flexibility index (Phi) is 5.42. The maximum absolute atomic E-state index is 11.6. The van der Waals surface area contributed by atoms with Gasteiger partial charge in [-0.25, -0.2) is 10.8 Å². The van der Waals surface area contributed by atoms with Gasteiger partial charge in [-0.3, -0.25) is 10.2 Å². The normalized spacial score (nSPS) is 10.1. The minimum Gasteiger partial charge on any atom is -0.492 e. The van der Waals surface area contributed by atoms with Crippen LogP contribution in [0.5, 0.6) is 5.75 Å². The van der Waals surface area contributed by atoms with Crippen LogP contribution in [-0.4, -0.2) is 23.3 Å². The molecule has 0 spiro atoms. The molecule has 0 aliphatic carbocycles. The lowest BCUT2D eigenvalue weighted by Crippen LogP contribution is -2.30. The van der Waals surface area contributed by atoms with E-state index in [9.17, 15) is 4.79 Å². The van der Waals surface area contributed by atoms with Gasteiger partial charge in [-0.1, -0.05) is 12.1 Å². The van der Waals surface area contributed by atoms with Crippen LogP contribution in [0.15, 0.2) is 47.5 Å². The lowest BCUT2D eigenvalue weighted by atomic mass is 10.2. The molecule has 2 rings (SSSR count). The molecular formula is C14H16N4O2S.